The smallest absolute Gasteiger partial charge is 0.333 e. The molecule has 3 aromatic heterocycles. The molecule has 13 aromatic rings. The van der Waals surface area contributed by atoms with Gasteiger partial charge in [0.15, 0.2) is 5.58 Å². The van der Waals surface area contributed by atoms with Crippen LogP contribution in [0, 0.1) is 6.92 Å². The van der Waals surface area contributed by atoms with E-state index in [0.717, 1.165) is 46.2 Å². The van der Waals surface area contributed by atoms with Gasteiger partial charge in [0.05, 0.1) is 27.8 Å². The Hall–Kier alpha value is -8.54. The number of furan rings is 1. The molecule has 0 saturated heterocycles. The van der Waals surface area contributed by atoms with E-state index in [1.165, 1.54) is 116 Å². The minimum atomic E-state index is -0.224. The average molecular weight is 950 g/mol. The van der Waals surface area contributed by atoms with Crippen LogP contribution in [0.1, 0.15) is 57.2 Å². The zero-order valence-corrected chi connectivity index (χ0v) is 42.3. The molecule has 0 radical (unpaired) electrons. The van der Waals surface area contributed by atoms with Gasteiger partial charge in [0.1, 0.15) is 5.58 Å². The highest BCUT2D eigenvalue weighted by Gasteiger charge is 2.47. The number of nitrogens with zero attached hydrogens (tertiary/aromatic N) is 3. The molecule has 0 amide bonds. The summed E-state index contributed by atoms with van der Waals surface area (Å²) in [6.07, 6.45) is 2.30. The third-order valence-electron chi connectivity index (χ3n) is 17.6. The lowest BCUT2D eigenvalue weighted by atomic mass is 9.43. The predicted molar refractivity (Wildman–Crippen MR) is 312 cm³/mol. The van der Waals surface area contributed by atoms with E-state index in [1.807, 2.05) is 0 Å². The summed E-state index contributed by atoms with van der Waals surface area (Å²) < 4.78 is 12.4. The fourth-order valence-corrected chi connectivity index (χ4v) is 13.9. The van der Waals surface area contributed by atoms with E-state index < -0.39 is 0 Å². The molecule has 0 fully saturated rings. The van der Waals surface area contributed by atoms with Gasteiger partial charge in [-0.2, -0.15) is 0 Å². The van der Waals surface area contributed by atoms with Gasteiger partial charge in [-0.25, -0.2) is 0 Å². The Morgan fingerprint density at radius 3 is 1.82 bits per heavy atom. The Balaban J connectivity index is 1.12. The highest BCUT2D eigenvalue weighted by Crippen LogP contribution is 2.54. The van der Waals surface area contributed by atoms with Crippen LogP contribution in [0.3, 0.4) is 0 Å². The van der Waals surface area contributed by atoms with Gasteiger partial charge in [-0.1, -0.05) is 161 Å². The molecule has 0 bridgehead atoms. The second-order valence-electron chi connectivity index (χ2n) is 22.7. The van der Waals surface area contributed by atoms with Crippen LogP contribution < -0.4 is 15.7 Å². The zero-order chi connectivity index (χ0) is 49.4. The van der Waals surface area contributed by atoms with Crippen LogP contribution in [0.15, 0.2) is 205 Å². The van der Waals surface area contributed by atoms with Gasteiger partial charge in [-0.05, 0) is 153 Å². The molecular formula is C69H52BN3O. The lowest BCUT2D eigenvalue weighted by Gasteiger charge is -2.46. The number of aromatic nitrogens is 2. The van der Waals surface area contributed by atoms with Gasteiger partial charge in [0.25, 0.3) is 0 Å². The molecule has 5 heterocycles. The largest absolute Gasteiger partial charge is 0.454 e. The summed E-state index contributed by atoms with van der Waals surface area (Å²) in [6.45, 7) is 12.0. The van der Waals surface area contributed by atoms with Crippen LogP contribution in [0.25, 0.3) is 110 Å². The summed E-state index contributed by atoms with van der Waals surface area (Å²) in [5, 5.41) is 7.21. The van der Waals surface area contributed by atoms with Crippen molar-refractivity contribution in [2.45, 2.75) is 58.3 Å². The second-order valence-corrected chi connectivity index (χ2v) is 22.7. The summed E-state index contributed by atoms with van der Waals surface area (Å²) in [4.78, 5) is 2.77. The molecule has 0 atom stereocenters. The van der Waals surface area contributed by atoms with E-state index in [4.69, 9.17) is 4.42 Å². The lowest BCUT2D eigenvalue weighted by molar-refractivity contribution is 0.332. The molecule has 0 saturated carbocycles. The van der Waals surface area contributed by atoms with Crippen molar-refractivity contribution in [2.75, 3.05) is 4.81 Å². The second kappa shape index (κ2) is 14.8. The Morgan fingerprint density at radius 2 is 1.07 bits per heavy atom. The molecule has 0 unspecified atom stereocenters. The fourth-order valence-electron chi connectivity index (χ4n) is 13.9. The topological polar surface area (TPSA) is 26.2 Å². The van der Waals surface area contributed by atoms with Gasteiger partial charge in [0, 0.05) is 54.9 Å². The normalized spacial score (nSPS) is 15.1. The van der Waals surface area contributed by atoms with Crippen LogP contribution in [-0.4, -0.2) is 16.0 Å². The number of rotatable bonds is 4. The number of aryl methyl sites for hydroxylation is 1. The molecule has 5 heteroatoms. The zero-order valence-electron chi connectivity index (χ0n) is 42.3. The van der Waals surface area contributed by atoms with Crippen molar-refractivity contribution in [1.29, 1.82) is 0 Å². The van der Waals surface area contributed by atoms with Gasteiger partial charge in [0.2, 0.25) is 0 Å². The maximum atomic E-state index is 7.29. The van der Waals surface area contributed by atoms with E-state index in [9.17, 15) is 0 Å². The Kier molecular flexibility index (Phi) is 8.40. The first-order valence-electron chi connectivity index (χ1n) is 26.4. The molecule has 0 N–H and O–H groups in total. The first-order valence-corrected chi connectivity index (χ1v) is 26.4. The van der Waals surface area contributed by atoms with Gasteiger partial charge >= 0.3 is 6.85 Å². The number of anilines is 2. The van der Waals surface area contributed by atoms with Crippen molar-refractivity contribution >= 4 is 94.7 Å². The molecule has 4 nitrogen and oxygen atoms in total. The van der Waals surface area contributed by atoms with Crippen molar-refractivity contribution in [3.05, 3.63) is 217 Å². The van der Waals surface area contributed by atoms with Gasteiger partial charge in [-0.15, -0.1) is 0 Å². The monoisotopic (exact) mass is 949 g/mol. The summed E-state index contributed by atoms with van der Waals surface area (Å²) >= 11 is 0. The summed E-state index contributed by atoms with van der Waals surface area (Å²) in [5.74, 6) is 0. The third kappa shape index (κ3) is 5.64. The van der Waals surface area contributed by atoms with Crippen LogP contribution in [0.4, 0.5) is 11.4 Å². The maximum absolute atomic E-state index is 7.29. The van der Waals surface area contributed by atoms with Crippen molar-refractivity contribution in [3.8, 4) is 44.8 Å². The van der Waals surface area contributed by atoms with Crippen LogP contribution in [-0.2, 0) is 10.8 Å². The molecule has 0 spiro atoms. The molecular weight excluding hydrogens is 898 g/mol. The first kappa shape index (κ1) is 42.0. The highest BCUT2D eigenvalue weighted by molar-refractivity contribution is 6.94. The number of benzene rings is 10. The summed E-state index contributed by atoms with van der Waals surface area (Å²) in [5.41, 5.74) is 25.5. The van der Waals surface area contributed by atoms with Crippen LogP contribution in [0.2, 0.25) is 0 Å². The van der Waals surface area contributed by atoms with E-state index >= 15 is 0 Å². The highest BCUT2D eigenvalue weighted by atomic mass is 16.3. The lowest BCUT2D eigenvalue weighted by Crippen LogP contribution is -2.61. The minimum Gasteiger partial charge on any atom is -0.454 e. The third-order valence-corrected chi connectivity index (χ3v) is 17.6. The number of hydrogen-bond acceptors (Lipinski definition) is 2. The van der Waals surface area contributed by atoms with Crippen molar-refractivity contribution < 1.29 is 4.42 Å². The quantitative estimate of drug-likeness (QED) is 0.164. The van der Waals surface area contributed by atoms with Gasteiger partial charge < -0.3 is 18.4 Å². The first-order chi connectivity index (χ1) is 36.1. The maximum Gasteiger partial charge on any atom is 0.333 e. The minimum absolute atomic E-state index is 0.00156. The summed E-state index contributed by atoms with van der Waals surface area (Å²) in [7, 11) is 0. The SMILES string of the molecule is Cc1cc2c(cc1N1B3c4c(cc5c(oc6ccccc65)c4-n4c5ccc(-c6ccccc6)cc5c5cc(-c6ccccc6)cc3c54)-c3cc4c(cc31)c1ccccc1n4-c1ccccc1)C(C)(C)CCC2(C)C. The molecule has 16 rings (SSSR count). The molecule has 1 aliphatic carbocycles. The molecule has 10 aromatic carbocycles. The van der Waals surface area contributed by atoms with Crippen LogP contribution >= 0.6 is 0 Å². The number of fused-ring (bicyclic) bond motifs is 15. The van der Waals surface area contributed by atoms with E-state index in [0.29, 0.717) is 0 Å². The molecule has 2 aliphatic heterocycles. The number of para-hydroxylation sites is 3. The molecule has 74 heavy (non-hydrogen) atoms. The van der Waals surface area contributed by atoms with Crippen molar-refractivity contribution in [2.24, 2.45) is 0 Å². The van der Waals surface area contributed by atoms with Crippen molar-refractivity contribution in [3.63, 3.8) is 0 Å². The van der Waals surface area contributed by atoms with E-state index in [2.05, 4.69) is 249 Å². The molecule has 352 valence electrons. The Morgan fingerprint density at radius 1 is 0.446 bits per heavy atom. The predicted octanol–water partition coefficient (Wildman–Crippen LogP) is 17.0. The molecule has 3 aliphatic rings. The Bertz CT molecular complexity index is 4560. The van der Waals surface area contributed by atoms with Crippen molar-refractivity contribution in [1.82, 2.24) is 9.13 Å². The standard InChI is InChI=1S/C69H52BN3O/c1-41-33-55-56(69(4,5)32-31-68(55,2)3)40-60(41)73-62-39-50-47-25-15-17-27-58(47)71(46-23-13-8-14-24-46)61(50)38-51(62)52-37-54-48-26-16-18-28-63(48)74-67(54)66-64(52)70(73)57-36-45(43-21-11-7-12-22-43)35-53-49-34-44(42-19-9-6-10-20-42)29-30-59(49)72(66)65(53)57/h6-30,33-40H,31-32H2,1-5H3. The van der Waals surface area contributed by atoms with Gasteiger partial charge in [-0.3, -0.25) is 0 Å². The van der Waals surface area contributed by atoms with Crippen LogP contribution in [0.5, 0.6) is 0 Å². The van der Waals surface area contributed by atoms with E-state index in [1.54, 1.807) is 0 Å². The van der Waals surface area contributed by atoms with E-state index in [-0.39, 0.29) is 17.7 Å². The summed E-state index contributed by atoms with van der Waals surface area (Å²) in [6, 6.07) is 75.2. The number of hydrogen-bond donors (Lipinski definition) is 0. The fraction of sp³-hybridized carbons (Fsp3) is 0.130. The average Bonchev–Trinajstić information content (AvgIpc) is 4.09. The Labute approximate surface area is 430 Å².